The molecule has 3 rings (SSSR count). The Labute approximate surface area is 219 Å². The van der Waals surface area contributed by atoms with Gasteiger partial charge in [-0.1, -0.05) is 45.0 Å². The maximum atomic E-state index is 14.4. The molecule has 7 nitrogen and oxygen atoms in total. The fourth-order valence-electron chi connectivity index (χ4n) is 4.46. The molecular weight excluding hydrogens is 473 g/mol. The lowest BCUT2D eigenvalue weighted by molar-refractivity contribution is -0.131. The highest BCUT2D eigenvalue weighted by Crippen LogP contribution is 2.20. The molecule has 8 heteroatoms. The van der Waals surface area contributed by atoms with Gasteiger partial charge in [-0.25, -0.2) is 4.39 Å². The van der Waals surface area contributed by atoms with Gasteiger partial charge in [-0.3, -0.25) is 9.59 Å². The average Bonchev–Trinajstić information content (AvgIpc) is 2.86. The molecule has 2 bridgehead atoms. The van der Waals surface area contributed by atoms with E-state index < -0.39 is 24.0 Å². The Kier molecular flexibility index (Phi) is 10.9. The number of carbonyl (C=O) groups excluding carboxylic acids is 2. The van der Waals surface area contributed by atoms with Gasteiger partial charge in [0.15, 0.2) is 0 Å². The van der Waals surface area contributed by atoms with Crippen LogP contribution in [0.15, 0.2) is 42.5 Å². The number of hydrogen-bond donors (Lipinski definition) is 4. The van der Waals surface area contributed by atoms with Crippen molar-refractivity contribution >= 4 is 11.8 Å². The van der Waals surface area contributed by atoms with Gasteiger partial charge < -0.3 is 25.8 Å². The number of rotatable bonds is 7. The summed E-state index contributed by atoms with van der Waals surface area (Å²) in [6.07, 6.45) is 1.68. The van der Waals surface area contributed by atoms with Crippen LogP contribution in [0, 0.1) is 11.7 Å². The molecule has 4 N–H and O–H groups in total. The molecule has 1 unspecified atom stereocenters. The molecule has 1 aliphatic heterocycles. The predicted molar refractivity (Wildman–Crippen MR) is 142 cm³/mol. The van der Waals surface area contributed by atoms with Gasteiger partial charge in [-0.15, -0.1) is 0 Å². The third kappa shape index (κ3) is 9.13. The number of ether oxygens (including phenoxy) is 1. The lowest BCUT2D eigenvalue weighted by Crippen LogP contribution is -2.56. The van der Waals surface area contributed by atoms with Gasteiger partial charge in [-0.05, 0) is 60.4 Å². The minimum atomic E-state index is -0.954. The summed E-state index contributed by atoms with van der Waals surface area (Å²) < 4.78 is 20.1. The number of nitrogens with one attached hydrogen (secondary N) is 3. The molecule has 1 aliphatic rings. The van der Waals surface area contributed by atoms with Crippen molar-refractivity contribution in [2.45, 2.75) is 77.6 Å². The number of fused-ring (bicyclic) bond motifs is 2. The second-order valence-corrected chi connectivity index (χ2v) is 10.1. The summed E-state index contributed by atoms with van der Waals surface area (Å²) in [6.45, 7) is 6.97. The van der Waals surface area contributed by atoms with Gasteiger partial charge in [0.25, 0.3) is 0 Å². The zero-order valence-electron chi connectivity index (χ0n) is 22.1. The monoisotopic (exact) mass is 513 g/mol. The molecule has 0 aromatic heterocycles. The fourth-order valence-corrected chi connectivity index (χ4v) is 4.46. The van der Waals surface area contributed by atoms with Crippen molar-refractivity contribution in [3.63, 3.8) is 0 Å². The van der Waals surface area contributed by atoms with E-state index in [0.29, 0.717) is 37.3 Å². The number of amides is 2. The summed E-state index contributed by atoms with van der Waals surface area (Å²) >= 11 is 0. The maximum absolute atomic E-state index is 14.4. The summed E-state index contributed by atoms with van der Waals surface area (Å²) in [6, 6.07) is 11.2. The topological polar surface area (TPSA) is 99.7 Å². The number of halogens is 1. The summed E-state index contributed by atoms with van der Waals surface area (Å²) in [5.41, 5.74) is 2.95. The standard InChI is InChI=1S/C29H40FN3O4/c1-4-20-8-7-9-21(12-20)17-31-18-26(34)25-15-22-13-23(30)16-24(14-22)37-11-6-5-10-27(35)33-28(19(2)3)29(36)32-25/h7-9,12-14,16,19,25-26,28,31,34H,4-6,10-11,15,17-18H2,1-3H3,(H,32,36)(H,33,35)/t25-,26+,28?/m0/s1. The molecule has 0 spiro atoms. The van der Waals surface area contributed by atoms with E-state index in [1.54, 1.807) is 6.07 Å². The van der Waals surface area contributed by atoms with Crippen LogP contribution in [0.2, 0.25) is 0 Å². The molecular formula is C29H40FN3O4. The second-order valence-electron chi connectivity index (χ2n) is 10.1. The minimum absolute atomic E-state index is 0.148. The lowest BCUT2D eigenvalue weighted by Gasteiger charge is -2.29. The second kappa shape index (κ2) is 14.1. The van der Waals surface area contributed by atoms with E-state index in [1.807, 2.05) is 26.0 Å². The van der Waals surface area contributed by atoms with E-state index >= 15 is 0 Å². The number of carbonyl (C=O) groups is 2. The van der Waals surface area contributed by atoms with Crippen molar-refractivity contribution in [1.82, 2.24) is 16.0 Å². The van der Waals surface area contributed by atoms with Crippen molar-refractivity contribution in [2.75, 3.05) is 13.2 Å². The molecule has 0 aliphatic carbocycles. The number of aliphatic hydroxyl groups excluding tert-OH is 1. The highest BCUT2D eigenvalue weighted by Gasteiger charge is 2.29. The smallest absolute Gasteiger partial charge is 0.243 e. The highest BCUT2D eigenvalue weighted by atomic mass is 19.1. The summed E-state index contributed by atoms with van der Waals surface area (Å²) in [4.78, 5) is 25.7. The van der Waals surface area contributed by atoms with Crippen molar-refractivity contribution in [3.8, 4) is 5.75 Å². The molecule has 0 saturated carbocycles. The van der Waals surface area contributed by atoms with Crippen LogP contribution < -0.4 is 20.7 Å². The molecule has 3 atom stereocenters. The number of aryl methyl sites for hydroxylation is 1. The first-order valence-electron chi connectivity index (χ1n) is 13.2. The third-order valence-corrected chi connectivity index (χ3v) is 6.59. The van der Waals surface area contributed by atoms with Crippen molar-refractivity contribution < 1.29 is 23.8 Å². The minimum Gasteiger partial charge on any atom is -0.493 e. The summed E-state index contributed by atoms with van der Waals surface area (Å²) in [5.74, 6) is -0.773. The predicted octanol–water partition coefficient (Wildman–Crippen LogP) is 3.27. The van der Waals surface area contributed by atoms with E-state index in [0.717, 1.165) is 12.0 Å². The zero-order chi connectivity index (χ0) is 26.8. The van der Waals surface area contributed by atoms with Crippen LogP contribution in [0.5, 0.6) is 5.75 Å². The van der Waals surface area contributed by atoms with Crippen molar-refractivity contribution in [2.24, 2.45) is 5.92 Å². The first-order chi connectivity index (χ1) is 17.7. The molecule has 0 radical (unpaired) electrons. The average molecular weight is 514 g/mol. The Morgan fingerprint density at radius 3 is 2.65 bits per heavy atom. The van der Waals surface area contributed by atoms with Crippen LogP contribution in [0.1, 0.15) is 56.7 Å². The number of hydrogen-bond acceptors (Lipinski definition) is 5. The Balaban J connectivity index is 1.79. The molecule has 37 heavy (non-hydrogen) atoms. The van der Waals surface area contributed by atoms with Crippen LogP contribution in [-0.2, 0) is 29.0 Å². The normalized spacial score (nSPS) is 20.3. The first-order valence-corrected chi connectivity index (χ1v) is 13.2. The Hall–Kier alpha value is -2.97. The summed E-state index contributed by atoms with van der Waals surface area (Å²) in [7, 11) is 0. The SMILES string of the molecule is CCc1cccc(CNC[C@@H](O)[C@@H]2Cc3cc(F)cc(c3)OCCCCC(=O)NC(C(C)C)C(=O)N2)c1. The fraction of sp³-hybridized carbons (Fsp3) is 0.517. The van der Waals surface area contributed by atoms with Gasteiger partial charge in [0, 0.05) is 25.6 Å². The number of benzene rings is 2. The van der Waals surface area contributed by atoms with E-state index in [-0.39, 0.29) is 37.1 Å². The Morgan fingerprint density at radius 2 is 1.89 bits per heavy atom. The lowest BCUT2D eigenvalue weighted by atomic mass is 9.98. The van der Waals surface area contributed by atoms with Gasteiger partial charge >= 0.3 is 0 Å². The van der Waals surface area contributed by atoms with Gasteiger partial charge in [0.05, 0.1) is 18.8 Å². The van der Waals surface area contributed by atoms with Crippen LogP contribution >= 0.6 is 0 Å². The van der Waals surface area contributed by atoms with Crippen LogP contribution in [0.25, 0.3) is 0 Å². The molecule has 2 aromatic carbocycles. The molecule has 0 fully saturated rings. The largest absolute Gasteiger partial charge is 0.493 e. The van der Waals surface area contributed by atoms with E-state index in [2.05, 4.69) is 35.0 Å². The van der Waals surface area contributed by atoms with Crippen molar-refractivity contribution in [3.05, 3.63) is 65.0 Å². The first kappa shape index (κ1) is 28.6. The molecule has 202 valence electrons. The third-order valence-electron chi connectivity index (χ3n) is 6.59. The zero-order valence-corrected chi connectivity index (χ0v) is 22.1. The Bertz CT molecular complexity index is 1050. The van der Waals surface area contributed by atoms with Crippen molar-refractivity contribution in [1.29, 1.82) is 0 Å². The molecule has 2 amide bonds. The molecule has 0 saturated heterocycles. The van der Waals surface area contributed by atoms with Gasteiger partial charge in [-0.2, -0.15) is 0 Å². The Morgan fingerprint density at radius 1 is 1.11 bits per heavy atom. The van der Waals surface area contributed by atoms with Crippen LogP contribution in [0.3, 0.4) is 0 Å². The van der Waals surface area contributed by atoms with Crippen LogP contribution in [0.4, 0.5) is 4.39 Å². The highest BCUT2D eigenvalue weighted by molar-refractivity contribution is 5.88. The molecule has 2 aromatic rings. The van der Waals surface area contributed by atoms with Crippen LogP contribution in [-0.4, -0.2) is 48.3 Å². The maximum Gasteiger partial charge on any atom is 0.243 e. The quantitative estimate of drug-likeness (QED) is 0.456. The van der Waals surface area contributed by atoms with E-state index in [9.17, 15) is 19.1 Å². The van der Waals surface area contributed by atoms with E-state index in [4.69, 9.17) is 4.74 Å². The van der Waals surface area contributed by atoms with Gasteiger partial charge in [0.2, 0.25) is 11.8 Å². The summed E-state index contributed by atoms with van der Waals surface area (Å²) in [5, 5.41) is 20.1. The van der Waals surface area contributed by atoms with E-state index in [1.165, 1.54) is 17.7 Å². The van der Waals surface area contributed by atoms with Gasteiger partial charge in [0.1, 0.15) is 17.6 Å². The number of aliphatic hydroxyl groups is 1. The molecule has 1 heterocycles.